The number of nitrogens with zero attached hydrogens (tertiary/aromatic N) is 1. The molecule has 16 heteroatoms. The molecule has 1 heterocycles. The number of carboxylic acids is 2. The van der Waals surface area contributed by atoms with Gasteiger partial charge in [0, 0.05) is 24.7 Å². The predicted octanol–water partition coefficient (Wildman–Crippen LogP) is -2.69. The van der Waals surface area contributed by atoms with E-state index in [1.54, 1.807) is 0 Å². The van der Waals surface area contributed by atoms with Gasteiger partial charge in [-0.15, -0.1) is 0 Å². The number of aromatic nitrogens is 2. The Morgan fingerprint density at radius 2 is 1.61 bits per heavy atom. The van der Waals surface area contributed by atoms with E-state index in [1.165, 1.54) is 24.3 Å². The number of H-pyrrole nitrogens is 1. The zero-order chi connectivity index (χ0) is 27.3. The topological polar surface area (TPSA) is 260 Å². The Labute approximate surface area is 210 Å². The SMILES string of the molecule is CSCCC(N)C(=O)NC(Cc1cnc[nH]1)C(=O)NC(CCC(N)=O)C(=O)NC(CC(=O)O)C(=O)O. The second-order valence-corrected chi connectivity index (χ2v) is 8.78. The summed E-state index contributed by atoms with van der Waals surface area (Å²) in [4.78, 5) is 78.5. The van der Waals surface area contributed by atoms with Crippen LogP contribution in [0.4, 0.5) is 0 Å². The third-order valence-electron chi connectivity index (χ3n) is 4.89. The minimum atomic E-state index is -1.78. The molecule has 0 bridgehead atoms. The summed E-state index contributed by atoms with van der Waals surface area (Å²) in [5, 5.41) is 25.0. The molecule has 4 unspecified atom stereocenters. The first kappa shape index (κ1) is 30.4. The second kappa shape index (κ2) is 15.4. The highest BCUT2D eigenvalue weighted by Gasteiger charge is 2.31. The number of carbonyl (C=O) groups is 6. The van der Waals surface area contributed by atoms with E-state index in [4.69, 9.17) is 16.6 Å². The van der Waals surface area contributed by atoms with Gasteiger partial charge in [0.25, 0.3) is 0 Å². The summed E-state index contributed by atoms with van der Waals surface area (Å²) in [6.45, 7) is 0. The van der Waals surface area contributed by atoms with Crippen molar-refractivity contribution in [1.29, 1.82) is 0 Å². The molecule has 0 saturated heterocycles. The van der Waals surface area contributed by atoms with Gasteiger partial charge < -0.3 is 42.6 Å². The summed E-state index contributed by atoms with van der Waals surface area (Å²) in [6, 6.07) is -5.34. The number of rotatable bonds is 17. The largest absolute Gasteiger partial charge is 0.481 e. The summed E-state index contributed by atoms with van der Waals surface area (Å²) >= 11 is 1.49. The average Bonchev–Trinajstić information content (AvgIpc) is 3.31. The van der Waals surface area contributed by atoms with Gasteiger partial charge in [-0.05, 0) is 24.9 Å². The van der Waals surface area contributed by atoms with Crippen molar-refractivity contribution < 1.29 is 39.0 Å². The van der Waals surface area contributed by atoms with Gasteiger partial charge in [0.05, 0.1) is 18.8 Å². The van der Waals surface area contributed by atoms with Crippen molar-refractivity contribution in [3.05, 3.63) is 18.2 Å². The van der Waals surface area contributed by atoms with E-state index >= 15 is 0 Å². The van der Waals surface area contributed by atoms with E-state index in [1.807, 2.05) is 11.6 Å². The zero-order valence-electron chi connectivity index (χ0n) is 19.6. The van der Waals surface area contributed by atoms with E-state index in [0.29, 0.717) is 17.9 Å². The lowest BCUT2D eigenvalue weighted by Crippen LogP contribution is -2.58. The maximum Gasteiger partial charge on any atom is 0.326 e. The fourth-order valence-corrected chi connectivity index (χ4v) is 3.44. The van der Waals surface area contributed by atoms with Gasteiger partial charge in [-0.2, -0.15) is 11.8 Å². The summed E-state index contributed by atoms with van der Waals surface area (Å²) in [5.74, 6) is -5.72. The average molecular weight is 530 g/mol. The van der Waals surface area contributed by atoms with Gasteiger partial charge in [0.2, 0.25) is 23.6 Å². The van der Waals surface area contributed by atoms with Crippen molar-refractivity contribution >= 4 is 47.3 Å². The lowest BCUT2D eigenvalue weighted by Gasteiger charge is -2.24. The van der Waals surface area contributed by atoms with Crippen molar-refractivity contribution in [3.63, 3.8) is 0 Å². The number of aliphatic carboxylic acids is 2. The molecular weight excluding hydrogens is 498 g/mol. The first-order valence-corrected chi connectivity index (χ1v) is 12.2. The molecule has 4 amide bonds. The molecule has 36 heavy (non-hydrogen) atoms. The van der Waals surface area contributed by atoms with Crippen molar-refractivity contribution in [3.8, 4) is 0 Å². The molecular formula is C20H31N7O8S. The molecule has 0 aliphatic carbocycles. The van der Waals surface area contributed by atoms with Crippen LogP contribution in [0.2, 0.25) is 0 Å². The first-order valence-electron chi connectivity index (χ1n) is 10.8. The third-order valence-corrected chi connectivity index (χ3v) is 5.53. The number of hydrogen-bond donors (Lipinski definition) is 8. The van der Waals surface area contributed by atoms with Gasteiger partial charge in [-0.25, -0.2) is 9.78 Å². The maximum atomic E-state index is 13.1. The predicted molar refractivity (Wildman–Crippen MR) is 127 cm³/mol. The number of primary amides is 1. The molecule has 0 spiro atoms. The minimum absolute atomic E-state index is 0.0479. The van der Waals surface area contributed by atoms with Crippen LogP contribution in [0.15, 0.2) is 12.5 Å². The smallest absolute Gasteiger partial charge is 0.326 e. The van der Waals surface area contributed by atoms with Gasteiger partial charge in [0.1, 0.15) is 18.1 Å². The molecule has 0 radical (unpaired) electrons. The van der Waals surface area contributed by atoms with Crippen LogP contribution in [0.3, 0.4) is 0 Å². The van der Waals surface area contributed by atoms with Crippen LogP contribution < -0.4 is 27.4 Å². The summed E-state index contributed by atoms with van der Waals surface area (Å²) < 4.78 is 0. The van der Waals surface area contributed by atoms with E-state index in [9.17, 15) is 33.9 Å². The number of imidazole rings is 1. The van der Waals surface area contributed by atoms with Crippen LogP contribution in [0.1, 0.15) is 31.4 Å². The Hall–Kier alpha value is -3.66. The number of amides is 4. The highest BCUT2D eigenvalue weighted by Crippen LogP contribution is 2.06. The Balaban J connectivity index is 3.07. The molecule has 1 aromatic heterocycles. The van der Waals surface area contributed by atoms with Gasteiger partial charge >= 0.3 is 11.9 Å². The molecule has 1 aromatic rings. The lowest BCUT2D eigenvalue weighted by atomic mass is 10.1. The minimum Gasteiger partial charge on any atom is -0.481 e. The van der Waals surface area contributed by atoms with Crippen molar-refractivity contribution in [1.82, 2.24) is 25.9 Å². The lowest BCUT2D eigenvalue weighted by molar-refractivity contribution is -0.147. The zero-order valence-corrected chi connectivity index (χ0v) is 20.4. The Morgan fingerprint density at radius 1 is 1.00 bits per heavy atom. The molecule has 1 rings (SSSR count). The van der Waals surface area contributed by atoms with Crippen LogP contribution in [-0.2, 0) is 35.2 Å². The molecule has 0 saturated carbocycles. The molecule has 10 N–H and O–H groups in total. The summed E-state index contributed by atoms with van der Waals surface area (Å²) in [5.41, 5.74) is 11.5. The van der Waals surface area contributed by atoms with E-state index < -0.39 is 66.2 Å². The fraction of sp³-hybridized carbons (Fsp3) is 0.550. The molecule has 4 atom stereocenters. The normalized spacial score (nSPS) is 14.1. The van der Waals surface area contributed by atoms with Gasteiger partial charge in [-0.3, -0.25) is 24.0 Å². The van der Waals surface area contributed by atoms with E-state index in [2.05, 4.69) is 20.6 Å². The maximum absolute atomic E-state index is 13.1. The molecule has 0 aromatic carbocycles. The van der Waals surface area contributed by atoms with Crippen molar-refractivity contribution in [2.24, 2.45) is 11.5 Å². The standard InChI is InChI=1S/C20H31N7O8S/c1-36-5-4-11(21)17(31)26-13(6-10-8-23-9-24-10)19(33)25-12(2-3-15(22)28)18(32)27-14(20(34)35)7-16(29)30/h8-9,11-14H,2-7,21H2,1H3,(H2,22,28)(H,23,24)(H,25,33)(H,26,31)(H,27,32)(H,29,30)(H,34,35). The van der Waals surface area contributed by atoms with Crippen molar-refractivity contribution in [2.45, 2.75) is 56.3 Å². The Morgan fingerprint density at radius 3 is 2.14 bits per heavy atom. The quantitative estimate of drug-likeness (QED) is 0.103. The Kier molecular flexibility index (Phi) is 13.0. The number of aromatic amines is 1. The van der Waals surface area contributed by atoms with Crippen molar-refractivity contribution in [2.75, 3.05) is 12.0 Å². The number of nitrogens with one attached hydrogen (secondary N) is 4. The number of carboxylic acid groups (broad SMARTS) is 2. The van der Waals surface area contributed by atoms with Crippen LogP contribution >= 0.6 is 11.8 Å². The van der Waals surface area contributed by atoms with Crippen LogP contribution in [0.25, 0.3) is 0 Å². The van der Waals surface area contributed by atoms with E-state index in [-0.39, 0.29) is 19.3 Å². The Bertz CT molecular complexity index is 927. The first-order chi connectivity index (χ1) is 16.9. The van der Waals surface area contributed by atoms with Gasteiger partial charge in [-0.1, -0.05) is 0 Å². The molecule has 15 nitrogen and oxygen atoms in total. The molecule has 0 aliphatic heterocycles. The fourth-order valence-electron chi connectivity index (χ4n) is 2.95. The molecule has 0 fully saturated rings. The monoisotopic (exact) mass is 529 g/mol. The van der Waals surface area contributed by atoms with Crippen LogP contribution in [0.5, 0.6) is 0 Å². The van der Waals surface area contributed by atoms with E-state index in [0.717, 1.165) is 0 Å². The number of thioether (sulfide) groups is 1. The summed E-state index contributed by atoms with van der Waals surface area (Å²) in [6.07, 6.45) is 3.40. The number of carbonyl (C=O) groups excluding carboxylic acids is 4. The van der Waals surface area contributed by atoms with Crippen LogP contribution in [-0.4, -0.2) is 91.9 Å². The number of nitrogens with two attached hydrogens (primary N) is 2. The van der Waals surface area contributed by atoms with Gasteiger partial charge in [0.15, 0.2) is 0 Å². The molecule has 200 valence electrons. The molecule has 0 aliphatic rings. The van der Waals surface area contributed by atoms with Crippen LogP contribution in [0, 0.1) is 0 Å². The highest BCUT2D eigenvalue weighted by atomic mass is 32.2. The number of hydrogen-bond acceptors (Lipinski definition) is 9. The summed E-state index contributed by atoms with van der Waals surface area (Å²) in [7, 11) is 0. The third kappa shape index (κ3) is 11.2. The highest BCUT2D eigenvalue weighted by molar-refractivity contribution is 7.98. The second-order valence-electron chi connectivity index (χ2n) is 7.79.